The molecule has 3 nitrogen and oxygen atoms in total. The van der Waals surface area contributed by atoms with E-state index in [4.69, 9.17) is 4.74 Å². The molecule has 1 aromatic carbocycles. The van der Waals surface area contributed by atoms with Crippen LogP contribution >= 0.6 is 31.9 Å². The van der Waals surface area contributed by atoms with Crippen LogP contribution in [-0.2, 0) is 4.74 Å². The highest BCUT2D eigenvalue weighted by molar-refractivity contribution is 9.10. The van der Waals surface area contributed by atoms with Gasteiger partial charge in [-0.05, 0) is 34.1 Å². The Morgan fingerprint density at radius 1 is 1.59 bits per heavy atom. The van der Waals surface area contributed by atoms with Crippen molar-refractivity contribution in [2.75, 3.05) is 19.0 Å². The molecule has 94 valence electrons. The number of carbonyl (C=O) groups excluding carboxylic acids is 1. The molecule has 0 saturated carbocycles. The summed E-state index contributed by atoms with van der Waals surface area (Å²) < 4.78 is 18.6. The molecule has 1 amide bonds. The molecule has 1 aromatic rings. The van der Waals surface area contributed by atoms with Gasteiger partial charge < -0.3 is 10.1 Å². The van der Waals surface area contributed by atoms with E-state index in [-0.39, 0.29) is 17.5 Å². The van der Waals surface area contributed by atoms with Crippen LogP contribution in [0.25, 0.3) is 0 Å². The van der Waals surface area contributed by atoms with Crippen molar-refractivity contribution in [3.63, 3.8) is 0 Å². The van der Waals surface area contributed by atoms with Gasteiger partial charge in [-0.2, -0.15) is 0 Å². The minimum atomic E-state index is -0.444. The summed E-state index contributed by atoms with van der Waals surface area (Å²) in [6.45, 7) is 0.393. The second kappa shape index (κ2) is 7.08. The zero-order valence-electron chi connectivity index (χ0n) is 9.17. The van der Waals surface area contributed by atoms with Crippen molar-refractivity contribution in [1.29, 1.82) is 0 Å². The molecule has 1 N–H and O–H groups in total. The van der Waals surface area contributed by atoms with Crippen LogP contribution in [0.1, 0.15) is 10.4 Å². The standard InChI is InChI=1S/C11H12Br2FNO2/c1-17-6-8(5-12)15-11(16)9-4-7(14)2-3-10(9)13/h2-4,8H,5-6H2,1H3,(H,15,16). The largest absolute Gasteiger partial charge is 0.383 e. The molecule has 0 heterocycles. The van der Waals surface area contributed by atoms with Crippen molar-refractivity contribution in [2.24, 2.45) is 0 Å². The summed E-state index contributed by atoms with van der Waals surface area (Å²) >= 11 is 6.48. The van der Waals surface area contributed by atoms with Crippen molar-refractivity contribution < 1.29 is 13.9 Å². The molecule has 0 aliphatic heterocycles. The molecule has 0 radical (unpaired) electrons. The van der Waals surface area contributed by atoms with E-state index in [0.29, 0.717) is 16.4 Å². The first-order valence-electron chi connectivity index (χ1n) is 4.89. The summed E-state index contributed by atoms with van der Waals surface area (Å²) in [5, 5.41) is 3.31. The Hall–Kier alpha value is -0.460. The van der Waals surface area contributed by atoms with Gasteiger partial charge in [0.25, 0.3) is 5.91 Å². The number of benzene rings is 1. The van der Waals surface area contributed by atoms with Crippen LogP contribution in [0.15, 0.2) is 22.7 Å². The minimum absolute atomic E-state index is 0.150. The van der Waals surface area contributed by atoms with Crippen LogP contribution in [0.2, 0.25) is 0 Å². The van der Waals surface area contributed by atoms with E-state index < -0.39 is 5.82 Å². The topological polar surface area (TPSA) is 38.3 Å². The van der Waals surface area contributed by atoms with Gasteiger partial charge in [-0.3, -0.25) is 4.79 Å². The van der Waals surface area contributed by atoms with Crippen LogP contribution in [-0.4, -0.2) is 31.0 Å². The first kappa shape index (κ1) is 14.6. The third kappa shape index (κ3) is 4.37. The van der Waals surface area contributed by atoms with Gasteiger partial charge in [-0.1, -0.05) is 15.9 Å². The molecule has 0 aromatic heterocycles. The lowest BCUT2D eigenvalue weighted by Crippen LogP contribution is -2.39. The van der Waals surface area contributed by atoms with E-state index in [2.05, 4.69) is 37.2 Å². The highest BCUT2D eigenvalue weighted by atomic mass is 79.9. The maximum absolute atomic E-state index is 13.0. The van der Waals surface area contributed by atoms with E-state index in [1.54, 1.807) is 7.11 Å². The van der Waals surface area contributed by atoms with Gasteiger partial charge in [-0.25, -0.2) is 4.39 Å². The third-order valence-corrected chi connectivity index (χ3v) is 3.54. The Labute approximate surface area is 116 Å². The van der Waals surface area contributed by atoms with Gasteiger partial charge in [0.15, 0.2) is 0 Å². The molecule has 17 heavy (non-hydrogen) atoms. The van der Waals surface area contributed by atoms with Crippen LogP contribution in [0.5, 0.6) is 0 Å². The van der Waals surface area contributed by atoms with Crippen molar-refractivity contribution >= 4 is 37.8 Å². The quantitative estimate of drug-likeness (QED) is 0.811. The summed E-state index contributed by atoms with van der Waals surface area (Å²) in [5.41, 5.74) is 0.270. The molecule has 6 heteroatoms. The zero-order valence-corrected chi connectivity index (χ0v) is 12.3. The lowest BCUT2D eigenvalue weighted by atomic mass is 10.2. The van der Waals surface area contributed by atoms with Gasteiger partial charge in [0.1, 0.15) is 5.82 Å². The fourth-order valence-electron chi connectivity index (χ4n) is 1.26. The molecular weight excluding hydrogens is 357 g/mol. The Balaban J connectivity index is 2.78. The fraction of sp³-hybridized carbons (Fsp3) is 0.364. The Morgan fingerprint density at radius 2 is 2.29 bits per heavy atom. The summed E-state index contributed by atoms with van der Waals surface area (Å²) in [5.74, 6) is -0.779. The SMILES string of the molecule is COCC(CBr)NC(=O)c1cc(F)ccc1Br. The Bertz CT molecular complexity index is 401. The minimum Gasteiger partial charge on any atom is -0.383 e. The molecule has 1 atom stereocenters. The Morgan fingerprint density at radius 3 is 2.88 bits per heavy atom. The smallest absolute Gasteiger partial charge is 0.252 e. The first-order chi connectivity index (χ1) is 8.08. The number of rotatable bonds is 5. The molecular formula is C11H12Br2FNO2. The van der Waals surface area contributed by atoms with E-state index >= 15 is 0 Å². The number of amides is 1. The van der Waals surface area contributed by atoms with Crippen molar-refractivity contribution in [3.8, 4) is 0 Å². The van der Waals surface area contributed by atoms with Gasteiger partial charge >= 0.3 is 0 Å². The predicted molar refractivity (Wildman–Crippen MR) is 71.0 cm³/mol. The first-order valence-corrected chi connectivity index (χ1v) is 6.80. The van der Waals surface area contributed by atoms with E-state index in [1.165, 1.54) is 18.2 Å². The highest BCUT2D eigenvalue weighted by Crippen LogP contribution is 2.17. The highest BCUT2D eigenvalue weighted by Gasteiger charge is 2.15. The summed E-state index contributed by atoms with van der Waals surface area (Å²) in [6, 6.07) is 3.84. The maximum atomic E-state index is 13.0. The van der Waals surface area contributed by atoms with Gasteiger partial charge in [0, 0.05) is 16.9 Å². The Kier molecular flexibility index (Phi) is 6.08. The van der Waals surface area contributed by atoms with Crippen LogP contribution < -0.4 is 5.32 Å². The molecule has 0 saturated heterocycles. The third-order valence-electron chi connectivity index (χ3n) is 2.06. The molecule has 0 aliphatic rings. The zero-order chi connectivity index (χ0) is 12.8. The number of carbonyl (C=O) groups is 1. The number of nitrogens with one attached hydrogen (secondary N) is 1. The van der Waals surface area contributed by atoms with Crippen molar-refractivity contribution in [3.05, 3.63) is 34.1 Å². The second-order valence-electron chi connectivity index (χ2n) is 3.40. The number of hydrogen-bond acceptors (Lipinski definition) is 2. The average molecular weight is 369 g/mol. The van der Waals surface area contributed by atoms with E-state index in [9.17, 15) is 9.18 Å². The summed E-state index contributed by atoms with van der Waals surface area (Å²) in [6.07, 6.45) is 0. The molecule has 0 aliphatic carbocycles. The van der Waals surface area contributed by atoms with Crippen molar-refractivity contribution in [2.45, 2.75) is 6.04 Å². The van der Waals surface area contributed by atoms with Crippen LogP contribution in [0, 0.1) is 5.82 Å². The lowest BCUT2D eigenvalue weighted by Gasteiger charge is -2.15. The number of methoxy groups -OCH3 is 1. The number of halogens is 3. The molecule has 0 fully saturated rings. The molecule has 0 spiro atoms. The normalized spacial score (nSPS) is 12.2. The number of ether oxygens (including phenoxy) is 1. The lowest BCUT2D eigenvalue weighted by molar-refractivity contribution is 0.0906. The number of hydrogen-bond donors (Lipinski definition) is 1. The second-order valence-corrected chi connectivity index (χ2v) is 4.91. The predicted octanol–water partition coefficient (Wildman–Crippen LogP) is 2.73. The van der Waals surface area contributed by atoms with Crippen molar-refractivity contribution in [1.82, 2.24) is 5.32 Å². The van der Waals surface area contributed by atoms with Crippen LogP contribution in [0.4, 0.5) is 4.39 Å². The van der Waals surface area contributed by atoms with E-state index in [1.807, 2.05) is 0 Å². The molecule has 1 unspecified atom stereocenters. The molecule has 0 bridgehead atoms. The van der Waals surface area contributed by atoms with Crippen LogP contribution in [0.3, 0.4) is 0 Å². The molecule has 1 rings (SSSR count). The number of alkyl halides is 1. The summed E-state index contributed by atoms with van der Waals surface area (Å²) in [4.78, 5) is 11.9. The van der Waals surface area contributed by atoms with E-state index in [0.717, 1.165) is 0 Å². The summed E-state index contributed by atoms with van der Waals surface area (Å²) in [7, 11) is 1.56. The maximum Gasteiger partial charge on any atom is 0.252 e. The monoisotopic (exact) mass is 367 g/mol. The van der Waals surface area contributed by atoms with Gasteiger partial charge in [0.2, 0.25) is 0 Å². The fourth-order valence-corrected chi connectivity index (χ4v) is 2.04. The van der Waals surface area contributed by atoms with Gasteiger partial charge in [0.05, 0.1) is 18.2 Å². The average Bonchev–Trinajstić information content (AvgIpc) is 2.31. The van der Waals surface area contributed by atoms with Gasteiger partial charge in [-0.15, -0.1) is 0 Å².